The number of nitriles is 1. The SMILES string of the molecule is Cc1cc(C#N)cc(C)c1Oc1ccnc(NC2CCN(C(=O)OC(C)(C)C)CC2)n1. The van der Waals surface area contributed by atoms with Gasteiger partial charge in [0.25, 0.3) is 0 Å². The summed E-state index contributed by atoms with van der Waals surface area (Å²) in [6.07, 6.45) is 2.93. The average Bonchev–Trinajstić information content (AvgIpc) is 2.70. The molecule has 0 aliphatic carbocycles. The third kappa shape index (κ3) is 6.07. The highest BCUT2D eigenvalue weighted by atomic mass is 16.6. The zero-order valence-electron chi connectivity index (χ0n) is 18.7. The zero-order chi connectivity index (χ0) is 22.6. The van der Waals surface area contributed by atoms with Crippen molar-refractivity contribution in [3.8, 4) is 17.7 Å². The summed E-state index contributed by atoms with van der Waals surface area (Å²) in [7, 11) is 0. The van der Waals surface area contributed by atoms with Crippen LogP contribution in [0.2, 0.25) is 0 Å². The van der Waals surface area contributed by atoms with Crippen molar-refractivity contribution in [2.75, 3.05) is 18.4 Å². The van der Waals surface area contributed by atoms with E-state index in [0.29, 0.717) is 36.2 Å². The molecular weight excluding hydrogens is 394 g/mol. The predicted molar refractivity (Wildman–Crippen MR) is 117 cm³/mol. The maximum absolute atomic E-state index is 12.2. The van der Waals surface area contributed by atoms with Crippen molar-refractivity contribution < 1.29 is 14.3 Å². The number of ether oxygens (including phenoxy) is 2. The van der Waals surface area contributed by atoms with Crippen LogP contribution in [-0.4, -0.2) is 45.7 Å². The third-order valence-corrected chi connectivity index (χ3v) is 4.91. The second-order valence-corrected chi connectivity index (χ2v) is 8.76. The first-order valence-electron chi connectivity index (χ1n) is 10.4. The second-order valence-electron chi connectivity index (χ2n) is 8.76. The van der Waals surface area contributed by atoms with Crippen LogP contribution >= 0.6 is 0 Å². The first-order chi connectivity index (χ1) is 14.6. The van der Waals surface area contributed by atoms with Gasteiger partial charge in [-0.15, -0.1) is 0 Å². The molecule has 3 rings (SSSR count). The number of carbonyl (C=O) groups is 1. The number of benzene rings is 1. The molecule has 1 aromatic carbocycles. The van der Waals surface area contributed by atoms with Gasteiger partial charge in [0.05, 0.1) is 11.6 Å². The summed E-state index contributed by atoms with van der Waals surface area (Å²) in [4.78, 5) is 22.7. The van der Waals surface area contributed by atoms with Gasteiger partial charge in [-0.1, -0.05) is 0 Å². The average molecular weight is 424 g/mol. The van der Waals surface area contributed by atoms with Crippen molar-refractivity contribution in [3.63, 3.8) is 0 Å². The fourth-order valence-electron chi connectivity index (χ4n) is 3.46. The van der Waals surface area contributed by atoms with Crippen molar-refractivity contribution in [3.05, 3.63) is 41.1 Å². The minimum absolute atomic E-state index is 0.160. The maximum Gasteiger partial charge on any atom is 0.410 e. The Balaban J connectivity index is 1.60. The van der Waals surface area contributed by atoms with Crippen molar-refractivity contribution in [2.24, 2.45) is 0 Å². The summed E-state index contributed by atoms with van der Waals surface area (Å²) in [5.41, 5.74) is 1.86. The Morgan fingerprint density at radius 1 is 1.23 bits per heavy atom. The van der Waals surface area contributed by atoms with Gasteiger partial charge in [0.2, 0.25) is 11.8 Å². The minimum atomic E-state index is -0.494. The molecule has 1 fully saturated rings. The molecule has 0 unspecified atom stereocenters. The lowest BCUT2D eigenvalue weighted by Gasteiger charge is -2.33. The maximum atomic E-state index is 12.2. The van der Waals surface area contributed by atoms with Crippen LogP contribution in [0.25, 0.3) is 0 Å². The van der Waals surface area contributed by atoms with Gasteiger partial charge < -0.3 is 19.7 Å². The zero-order valence-corrected chi connectivity index (χ0v) is 18.7. The van der Waals surface area contributed by atoms with E-state index >= 15 is 0 Å². The number of hydrogen-bond acceptors (Lipinski definition) is 7. The van der Waals surface area contributed by atoms with E-state index in [1.54, 1.807) is 29.3 Å². The van der Waals surface area contributed by atoms with Crippen LogP contribution in [0, 0.1) is 25.2 Å². The highest BCUT2D eigenvalue weighted by Gasteiger charge is 2.27. The van der Waals surface area contributed by atoms with E-state index in [9.17, 15) is 4.79 Å². The summed E-state index contributed by atoms with van der Waals surface area (Å²) in [5, 5.41) is 12.4. The number of anilines is 1. The molecule has 2 heterocycles. The monoisotopic (exact) mass is 423 g/mol. The molecule has 0 atom stereocenters. The molecule has 0 saturated carbocycles. The van der Waals surface area contributed by atoms with Crippen LogP contribution in [0.5, 0.6) is 11.6 Å². The van der Waals surface area contributed by atoms with E-state index in [1.165, 1.54) is 0 Å². The normalized spacial score (nSPS) is 14.6. The number of aromatic nitrogens is 2. The van der Waals surface area contributed by atoms with Crippen molar-refractivity contribution >= 4 is 12.0 Å². The Bertz CT molecular complexity index is 962. The fraction of sp³-hybridized carbons (Fsp3) is 0.478. The van der Waals surface area contributed by atoms with Gasteiger partial charge in [0.15, 0.2) is 0 Å². The van der Waals surface area contributed by atoms with Crippen LogP contribution in [-0.2, 0) is 4.74 Å². The molecule has 1 aliphatic rings. The molecule has 8 heteroatoms. The number of piperidine rings is 1. The van der Waals surface area contributed by atoms with E-state index in [-0.39, 0.29) is 12.1 Å². The fourth-order valence-corrected chi connectivity index (χ4v) is 3.46. The molecule has 1 aromatic heterocycles. The highest BCUT2D eigenvalue weighted by Crippen LogP contribution is 2.29. The molecule has 1 N–H and O–H groups in total. The van der Waals surface area contributed by atoms with Gasteiger partial charge in [0, 0.05) is 31.4 Å². The molecule has 0 spiro atoms. The first-order valence-corrected chi connectivity index (χ1v) is 10.4. The van der Waals surface area contributed by atoms with Crippen LogP contribution in [0.1, 0.15) is 50.3 Å². The Kier molecular flexibility index (Phi) is 6.64. The van der Waals surface area contributed by atoms with Crippen LogP contribution in [0.3, 0.4) is 0 Å². The lowest BCUT2D eigenvalue weighted by molar-refractivity contribution is 0.0210. The summed E-state index contributed by atoms with van der Waals surface area (Å²) >= 11 is 0. The van der Waals surface area contributed by atoms with E-state index in [4.69, 9.17) is 14.7 Å². The summed E-state index contributed by atoms with van der Waals surface area (Å²) < 4.78 is 11.4. The first kappa shape index (κ1) is 22.3. The lowest BCUT2D eigenvalue weighted by Crippen LogP contribution is -2.44. The Morgan fingerprint density at radius 3 is 2.45 bits per heavy atom. The van der Waals surface area contributed by atoms with Gasteiger partial charge >= 0.3 is 6.09 Å². The number of amides is 1. The number of hydrogen-bond donors (Lipinski definition) is 1. The van der Waals surface area contributed by atoms with Gasteiger partial charge in [0.1, 0.15) is 11.4 Å². The highest BCUT2D eigenvalue weighted by molar-refractivity contribution is 5.68. The molecule has 8 nitrogen and oxygen atoms in total. The smallest absolute Gasteiger partial charge is 0.410 e. The molecule has 31 heavy (non-hydrogen) atoms. The molecule has 0 radical (unpaired) electrons. The van der Waals surface area contributed by atoms with Gasteiger partial charge in [-0.2, -0.15) is 10.2 Å². The lowest BCUT2D eigenvalue weighted by atomic mass is 10.1. The molecule has 164 valence electrons. The molecule has 1 amide bonds. The number of likely N-dealkylation sites (tertiary alicyclic amines) is 1. The number of carbonyl (C=O) groups excluding carboxylic acids is 1. The van der Waals surface area contributed by atoms with Crippen molar-refractivity contribution in [1.29, 1.82) is 5.26 Å². The largest absolute Gasteiger partial charge is 0.444 e. The van der Waals surface area contributed by atoms with Crippen LogP contribution < -0.4 is 10.1 Å². The van der Waals surface area contributed by atoms with Gasteiger partial charge in [-0.05, 0) is 70.7 Å². The van der Waals surface area contributed by atoms with Gasteiger partial charge in [-0.25, -0.2) is 9.78 Å². The predicted octanol–water partition coefficient (Wildman–Crippen LogP) is 4.57. The van der Waals surface area contributed by atoms with Crippen molar-refractivity contribution in [1.82, 2.24) is 14.9 Å². The summed E-state index contributed by atoms with van der Waals surface area (Å²) in [6, 6.07) is 7.60. The molecule has 2 aromatic rings. The Morgan fingerprint density at radius 2 is 1.87 bits per heavy atom. The van der Waals surface area contributed by atoms with Crippen LogP contribution in [0.4, 0.5) is 10.7 Å². The molecule has 1 aliphatic heterocycles. The Labute approximate surface area is 183 Å². The number of rotatable bonds is 4. The topological polar surface area (TPSA) is 100 Å². The summed E-state index contributed by atoms with van der Waals surface area (Å²) in [6.45, 7) is 10.6. The molecular formula is C23H29N5O3. The third-order valence-electron chi connectivity index (χ3n) is 4.91. The second kappa shape index (κ2) is 9.21. The quantitative estimate of drug-likeness (QED) is 0.769. The number of nitrogens with one attached hydrogen (secondary N) is 1. The van der Waals surface area contributed by atoms with E-state index in [0.717, 1.165) is 24.0 Å². The number of nitrogens with zero attached hydrogens (tertiary/aromatic N) is 4. The van der Waals surface area contributed by atoms with E-state index < -0.39 is 5.60 Å². The molecule has 0 bridgehead atoms. The summed E-state index contributed by atoms with van der Waals surface area (Å²) in [5.74, 6) is 1.60. The van der Waals surface area contributed by atoms with E-state index in [1.807, 2.05) is 34.6 Å². The Hall–Kier alpha value is -3.34. The van der Waals surface area contributed by atoms with Crippen molar-refractivity contribution in [2.45, 2.75) is 59.1 Å². The van der Waals surface area contributed by atoms with Crippen LogP contribution in [0.15, 0.2) is 24.4 Å². The van der Waals surface area contributed by atoms with Gasteiger partial charge in [-0.3, -0.25) is 0 Å². The number of aryl methyl sites for hydroxylation is 2. The standard InChI is InChI=1S/C23H29N5O3/c1-15-12-17(14-24)13-16(2)20(15)30-19-6-9-25-21(27-19)26-18-7-10-28(11-8-18)22(29)31-23(3,4)5/h6,9,12-13,18H,7-8,10-11H2,1-5H3,(H,25,26,27). The molecule has 1 saturated heterocycles. The minimum Gasteiger partial charge on any atom is -0.444 e. The van der Waals surface area contributed by atoms with E-state index in [2.05, 4.69) is 21.4 Å².